The fourth-order valence-corrected chi connectivity index (χ4v) is 2.22. The first-order chi connectivity index (χ1) is 8.31. The van der Waals surface area contributed by atoms with E-state index in [9.17, 15) is 0 Å². The molecule has 1 aliphatic heterocycles. The van der Waals surface area contributed by atoms with Gasteiger partial charge in [0.1, 0.15) is 0 Å². The quantitative estimate of drug-likeness (QED) is 0.823. The molecule has 0 saturated carbocycles. The molecule has 4 nitrogen and oxygen atoms in total. The van der Waals surface area contributed by atoms with Crippen LogP contribution in [-0.2, 0) is 11.3 Å². The monoisotopic (exact) mass is 237 g/mol. The lowest BCUT2D eigenvalue weighted by molar-refractivity contribution is 0.109. The lowest BCUT2D eigenvalue weighted by Gasteiger charge is -2.15. The highest BCUT2D eigenvalue weighted by atomic mass is 16.5. The van der Waals surface area contributed by atoms with Crippen molar-refractivity contribution < 1.29 is 4.74 Å². The molecule has 17 heavy (non-hydrogen) atoms. The summed E-state index contributed by atoms with van der Waals surface area (Å²) in [6, 6.07) is 2.57. The minimum atomic E-state index is 0.412. The Morgan fingerprint density at radius 1 is 1.65 bits per heavy atom. The summed E-state index contributed by atoms with van der Waals surface area (Å²) in [6.07, 6.45) is 5.81. The number of hydrogen-bond donors (Lipinski definition) is 1. The van der Waals surface area contributed by atoms with Crippen molar-refractivity contribution in [2.45, 2.75) is 51.8 Å². The van der Waals surface area contributed by atoms with Crippen molar-refractivity contribution in [1.82, 2.24) is 15.1 Å². The van der Waals surface area contributed by atoms with Gasteiger partial charge in [0.05, 0.1) is 11.8 Å². The zero-order valence-corrected chi connectivity index (χ0v) is 10.9. The molecule has 4 heteroatoms. The van der Waals surface area contributed by atoms with Gasteiger partial charge >= 0.3 is 0 Å². The third-order valence-electron chi connectivity index (χ3n) is 3.46. The summed E-state index contributed by atoms with van der Waals surface area (Å²) in [5, 5.41) is 7.85. The van der Waals surface area contributed by atoms with Crippen molar-refractivity contribution in [3.8, 4) is 0 Å². The highest BCUT2D eigenvalue weighted by Gasteiger charge is 2.15. The van der Waals surface area contributed by atoms with Crippen LogP contribution in [0.1, 0.15) is 44.8 Å². The highest BCUT2D eigenvalue weighted by molar-refractivity contribution is 5.01. The smallest absolute Gasteiger partial charge is 0.0700 e. The first-order valence-electron chi connectivity index (χ1n) is 6.66. The fourth-order valence-electron chi connectivity index (χ4n) is 2.22. The van der Waals surface area contributed by atoms with E-state index in [0.29, 0.717) is 12.1 Å². The first-order valence-corrected chi connectivity index (χ1v) is 6.66. The summed E-state index contributed by atoms with van der Waals surface area (Å²) in [7, 11) is 0. The molecule has 1 aromatic heterocycles. The van der Waals surface area contributed by atoms with Crippen molar-refractivity contribution in [1.29, 1.82) is 0 Å². The van der Waals surface area contributed by atoms with Crippen LogP contribution < -0.4 is 5.32 Å². The standard InChI is InChI=1S/C13H23N3O/c1-3-11(2)16-12(6-7-15-16)9-14-10-13-5-4-8-17-13/h6-7,11,13-14H,3-5,8-10H2,1-2H3/t11-,13+/m0/s1. The van der Waals surface area contributed by atoms with Crippen LogP contribution in [0.5, 0.6) is 0 Å². The van der Waals surface area contributed by atoms with Crippen LogP contribution in [0.3, 0.4) is 0 Å². The summed E-state index contributed by atoms with van der Waals surface area (Å²) >= 11 is 0. The van der Waals surface area contributed by atoms with Crippen LogP contribution >= 0.6 is 0 Å². The third-order valence-corrected chi connectivity index (χ3v) is 3.46. The van der Waals surface area contributed by atoms with Gasteiger partial charge < -0.3 is 10.1 Å². The minimum absolute atomic E-state index is 0.412. The van der Waals surface area contributed by atoms with Gasteiger partial charge in [-0.3, -0.25) is 4.68 Å². The molecule has 2 rings (SSSR count). The largest absolute Gasteiger partial charge is 0.377 e. The van der Waals surface area contributed by atoms with Crippen molar-refractivity contribution in [3.63, 3.8) is 0 Å². The van der Waals surface area contributed by atoms with Gasteiger partial charge in [0.15, 0.2) is 0 Å². The maximum Gasteiger partial charge on any atom is 0.0700 e. The number of nitrogens with one attached hydrogen (secondary N) is 1. The molecule has 1 aromatic rings. The fraction of sp³-hybridized carbons (Fsp3) is 0.769. The van der Waals surface area contributed by atoms with Gasteiger partial charge in [-0.15, -0.1) is 0 Å². The van der Waals surface area contributed by atoms with Crippen LogP contribution in [0, 0.1) is 0 Å². The lowest BCUT2D eigenvalue weighted by Crippen LogP contribution is -2.27. The molecule has 1 N–H and O–H groups in total. The molecule has 0 aliphatic carbocycles. The Balaban J connectivity index is 1.79. The normalized spacial score (nSPS) is 21.9. The van der Waals surface area contributed by atoms with E-state index in [1.54, 1.807) is 0 Å². The van der Waals surface area contributed by atoms with Gasteiger partial charge in [0, 0.05) is 31.9 Å². The van der Waals surface area contributed by atoms with Gasteiger partial charge in [0.25, 0.3) is 0 Å². The van der Waals surface area contributed by atoms with Gasteiger partial charge in [0.2, 0.25) is 0 Å². The van der Waals surface area contributed by atoms with Crippen LogP contribution in [0.2, 0.25) is 0 Å². The summed E-state index contributed by atoms with van der Waals surface area (Å²) in [5.41, 5.74) is 1.26. The van der Waals surface area contributed by atoms with Crippen LogP contribution in [0.4, 0.5) is 0 Å². The second kappa shape index (κ2) is 6.17. The van der Waals surface area contributed by atoms with Crippen LogP contribution in [0.25, 0.3) is 0 Å². The molecular weight excluding hydrogens is 214 g/mol. The number of ether oxygens (including phenoxy) is 1. The Morgan fingerprint density at radius 3 is 3.24 bits per heavy atom. The zero-order valence-electron chi connectivity index (χ0n) is 10.9. The predicted octanol–water partition coefficient (Wildman–Crippen LogP) is 2.12. The molecule has 96 valence electrons. The van der Waals surface area contributed by atoms with Crippen LogP contribution in [-0.4, -0.2) is 29.0 Å². The average molecular weight is 237 g/mol. The molecule has 0 spiro atoms. The Kier molecular flexibility index (Phi) is 4.57. The van der Waals surface area contributed by atoms with E-state index in [-0.39, 0.29) is 0 Å². The van der Waals surface area contributed by atoms with Crippen molar-refractivity contribution >= 4 is 0 Å². The van der Waals surface area contributed by atoms with Crippen LogP contribution in [0.15, 0.2) is 12.3 Å². The zero-order chi connectivity index (χ0) is 12.1. The maximum absolute atomic E-state index is 5.59. The molecule has 1 saturated heterocycles. The SMILES string of the molecule is CC[C@H](C)n1nccc1CNC[C@H]1CCCO1. The van der Waals surface area contributed by atoms with Gasteiger partial charge in [-0.05, 0) is 32.3 Å². The molecule has 2 atom stereocenters. The second-order valence-corrected chi connectivity index (χ2v) is 4.79. The molecule has 0 amide bonds. The first kappa shape index (κ1) is 12.6. The number of hydrogen-bond acceptors (Lipinski definition) is 3. The van der Waals surface area contributed by atoms with Crippen molar-refractivity contribution in [2.24, 2.45) is 0 Å². The number of rotatable bonds is 6. The Labute approximate surface area is 103 Å². The molecular formula is C13H23N3O. The molecule has 0 unspecified atom stereocenters. The summed E-state index contributed by atoms with van der Waals surface area (Å²) in [5.74, 6) is 0. The maximum atomic E-state index is 5.59. The summed E-state index contributed by atoms with van der Waals surface area (Å²) in [6.45, 7) is 7.15. The third kappa shape index (κ3) is 3.30. The molecule has 0 bridgehead atoms. The van der Waals surface area contributed by atoms with Crippen molar-refractivity contribution in [2.75, 3.05) is 13.2 Å². The predicted molar refractivity (Wildman–Crippen MR) is 67.9 cm³/mol. The summed E-state index contributed by atoms with van der Waals surface area (Å²) in [4.78, 5) is 0. The van der Waals surface area contributed by atoms with E-state index in [1.807, 2.05) is 6.20 Å². The Hall–Kier alpha value is -0.870. The van der Waals surface area contributed by atoms with E-state index < -0.39 is 0 Å². The topological polar surface area (TPSA) is 39.1 Å². The molecule has 0 radical (unpaired) electrons. The average Bonchev–Trinajstić information content (AvgIpc) is 2.99. The lowest BCUT2D eigenvalue weighted by atomic mass is 10.2. The molecule has 0 aromatic carbocycles. The molecule has 1 aliphatic rings. The Bertz CT molecular complexity index is 331. The van der Waals surface area contributed by atoms with E-state index >= 15 is 0 Å². The number of nitrogens with zero attached hydrogens (tertiary/aromatic N) is 2. The van der Waals surface area contributed by atoms with E-state index in [4.69, 9.17) is 4.74 Å². The van der Waals surface area contributed by atoms with E-state index in [0.717, 1.165) is 26.1 Å². The van der Waals surface area contributed by atoms with Gasteiger partial charge in [-0.1, -0.05) is 6.92 Å². The highest BCUT2D eigenvalue weighted by Crippen LogP contribution is 2.13. The van der Waals surface area contributed by atoms with Gasteiger partial charge in [-0.25, -0.2) is 0 Å². The Morgan fingerprint density at radius 2 is 2.53 bits per heavy atom. The molecule has 1 fully saturated rings. The second-order valence-electron chi connectivity index (χ2n) is 4.79. The van der Waals surface area contributed by atoms with Crippen molar-refractivity contribution in [3.05, 3.63) is 18.0 Å². The molecule has 2 heterocycles. The van der Waals surface area contributed by atoms with Gasteiger partial charge in [-0.2, -0.15) is 5.10 Å². The van der Waals surface area contributed by atoms with E-state index in [2.05, 4.69) is 35.0 Å². The number of aromatic nitrogens is 2. The minimum Gasteiger partial charge on any atom is -0.377 e. The summed E-state index contributed by atoms with van der Waals surface area (Å²) < 4.78 is 7.70. The van der Waals surface area contributed by atoms with E-state index in [1.165, 1.54) is 18.5 Å².